The zero-order valence-corrected chi connectivity index (χ0v) is 18.8. The molecule has 168 valence electrons. The molecule has 3 amide bonds. The first-order valence-corrected chi connectivity index (χ1v) is 11.3. The summed E-state index contributed by atoms with van der Waals surface area (Å²) in [5, 5.41) is 14.4. The van der Waals surface area contributed by atoms with E-state index in [9.17, 15) is 9.59 Å². The Bertz CT molecular complexity index is 1240. The molecule has 0 saturated carbocycles. The molecular formula is C24H23N5O3S. The van der Waals surface area contributed by atoms with E-state index in [1.807, 2.05) is 66.9 Å². The number of thiophene rings is 1. The molecule has 33 heavy (non-hydrogen) atoms. The molecular weight excluding hydrogens is 438 g/mol. The number of anilines is 2. The van der Waals surface area contributed by atoms with Crippen LogP contribution >= 0.6 is 11.3 Å². The zero-order valence-electron chi connectivity index (χ0n) is 18.0. The molecule has 4 rings (SSSR count). The van der Waals surface area contributed by atoms with E-state index < -0.39 is 0 Å². The minimum atomic E-state index is -0.330. The molecule has 9 heteroatoms. The molecule has 0 atom stereocenters. The van der Waals surface area contributed by atoms with Gasteiger partial charge in [0.15, 0.2) is 0 Å². The van der Waals surface area contributed by atoms with E-state index in [1.54, 1.807) is 6.07 Å². The Morgan fingerprint density at radius 3 is 2.55 bits per heavy atom. The van der Waals surface area contributed by atoms with Gasteiger partial charge in [0.1, 0.15) is 0 Å². The van der Waals surface area contributed by atoms with Crippen molar-refractivity contribution in [3.63, 3.8) is 0 Å². The fourth-order valence-electron chi connectivity index (χ4n) is 3.15. The van der Waals surface area contributed by atoms with E-state index in [4.69, 9.17) is 4.52 Å². The number of nitrogens with one attached hydrogen (secondary N) is 3. The average molecular weight is 462 g/mol. The van der Waals surface area contributed by atoms with Crippen LogP contribution in [0.25, 0.3) is 10.7 Å². The maximum absolute atomic E-state index is 12.3. The van der Waals surface area contributed by atoms with Crippen molar-refractivity contribution in [1.82, 2.24) is 15.5 Å². The molecule has 0 aliphatic carbocycles. The number of hydrogen-bond acceptors (Lipinski definition) is 6. The SMILES string of the molecule is Cc1cccc(NC(=O)Nc2cccc(CNC(=O)CCc3nc(-c4cccs4)no3)c2)c1. The van der Waals surface area contributed by atoms with Gasteiger partial charge in [0.25, 0.3) is 0 Å². The number of aromatic nitrogens is 2. The number of amides is 3. The number of urea groups is 1. The molecule has 3 N–H and O–H groups in total. The van der Waals surface area contributed by atoms with Gasteiger partial charge < -0.3 is 20.5 Å². The molecule has 0 bridgehead atoms. The molecule has 0 aliphatic rings. The largest absolute Gasteiger partial charge is 0.352 e. The minimum Gasteiger partial charge on any atom is -0.352 e. The highest BCUT2D eigenvalue weighted by Gasteiger charge is 2.11. The molecule has 0 saturated heterocycles. The fourth-order valence-corrected chi connectivity index (χ4v) is 3.80. The van der Waals surface area contributed by atoms with E-state index in [2.05, 4.69) is 26.1 Å². The molecule has 4 aromatic rings. The van der Waals surface area contributed by atoms with Crippen LogP contribution in [0.4, 0.5) is 16.2 Å². The van der Waals surface area contributed by atoms with Gasteiger partial charge in [0, 0.05) is 30.8 Å². The predicted octanol–water partition coefficient (Wildman–Crippen LogP) is 5.00. The molecule has 0 radical (unpaired) electrons. The normalized spacial score (nSPS) is 10.6. The molecule has 0 unspecified atom stereocenters. The first-order valence-electron chi connectivity index (χ1n) is 10.4. The maximum Gasteiger partial charge on any atom is 0.323 e. The number of rotatable bonds is 8. The van der Waals surface area contributed by atoms with Gasteiger partial charge in [0.05, 0.1) is 4.88 Å². The van der Waals surface area contributed by atoms with Crippen LogP contribution in [0.2, 0.25) is 0 Å². The number of benzene rings is 2. The van der Waals surface area contributed by atoms with Crippen molar-refractivity contribution in [3.8, 4) is 10.7 Å². The highest BCUT2D eigenvalue weighted by Crippen LogP contribution is 2.21. The summed E-state index contributed by atoms with van der Waals surface area (Å²) >= 11 is 1.53. The number of aryl methyl sites for hydroxylation is 2. The van der Waals surface area contributed by atoms with Crippen molar-refractivity contribution in [2.45, 2.75) is 26.3 Å². The van der Waals surface area contributed by atoms with Gasteiger partial charge >= 0.3 is 6.03 Å². The number of carbonyl (C=O) groups is 2. The van der Waals surface area contributed by atoms with Crippen LogP contribution in [0.15, 0.2) is 70.6 Å². The quantitative estimate of drug-likeness (QED) is 0.342. The average Bonchev–Trinajstić information content (AvgIpc) is 3.48. The van der Waals surface area contributed by atoms with Crippen molar-refractivity contribution >= 4 is 34.6 Å². The predicted molar refractivity (Wildman–Crippen MR) is 128 cm³/mol. The molecule has 2 aromatic heterocycles. The monoisotopic (exact) mass is 461 g/mol. The summed E-state index contributed by atoms with van der Waals surface area (Å²) in [4.78, 5) is 29.7. The number of hydrogen-bond donors (Lipinski definition) is 3. The van der Waals surface area contributed by atoms with Gasteiger partial charge in [-0.15, -0.1) is 11.3 Å². The minimum absolute atomic E-state index is 0.124. The van der Waals surface area contributed by atoms with Gasteiger partial charge in [-0.05, 0) is 53.8 Å². The van der Waals surface area contributed by atoms with E-state index in [-0.39, 0.29) is 18.4 Å². The van der Waals surface area contributed by atoms with Gasteiger partial charge in [0.2, 0.25) is 17.6 Å². The third kappa shape index (κ3) is 6.50. The summed E-state index contributed by atoms with van der Waals surface area (Å²) in [5.74, 6) is 0.844. The Balaban J connectivity index is 1.23. The second kappa shape index (κ2) is 10.6. The van der Waals surface area contributed by atoms with Crippen LogP contribution in [-0.2, 0) is 17.8 Å². The first-order chi connectivity index (χ1) is 16.0. The fraction of sp³-hybridized carbons (Fsp3) is 0.167. The lowest BCUT2D eigenvalue weighted by atomic mass is 10.2. The van der Waals surface area contributed by atoms with Crippen molar-refractivity contribution in [1.29, 1.82) is 0 Å². The van der Waals surface area contributed by atoms with Crippen LogP contribution in [0.5, 0.6) is 0 Å². The molecule has 8 nitrogen and oxygen atoms in total. The Hall–Kier alpha value is -3.98. The number of nitrogens with zero attached hydrogens (tertiary/aromatic N) is 2. The molecule has 0 fully saturated rings. The topological polar surface area (TPSA) is 109 Å². The summed E-state index contributed by atoms with van der Waals surface area (Å²) < 4.78 is 5.22. The highest BCUT2D eigenvalue weighted by atomic mass is 32.1. The van der Waals surface area contributed by atoms with E-state index >= 15 is 0 Å². The van der Waals surface area contributed by atoms with Gasteiger partial charge in [-0.25, -0.2) is 4.79 Å². The lowest BCUT2D eigenvalue weighted by Crippen LogP contribution is -2.23. The second-order valence-electron chi connectivity index (χ2n) is 7.41. The van der Waals surface area contributed by atoms with Gasteiger partial charge in [-0.1, -0.05) is 35.5 Å². The summed E-state index contributed by atoms with van der Waals surface area (Å²) in [5.41, 5.74) is 3.29. The smallest absolute Gasteiger partial charge is 0.323 e. The summed E-state index contributed by atoms with van der Waals surface area (Å²) in [6, 6.07) is 18.4. The van der Waals surface area contributed by atoms with E-state index in [0.717, 1.165) is 21.7 Å². The van der Waals surface area contributed by atoms with Crippen LogP contribution in [0.3, 0.4) is 0 Å². The van der Waals surface area contributed by atoms with Crippen molar-refractivity contribution in [2.75, 3.05) is 10.6 Å². The van der Waals surface area contributed by atoms with E-state index in [0.29, 0.717) is 30.4 Å². The van der Waals surface area contributed by atoms with Crippen molar-refractivity contribution in [2.24, 2.45) is 0 Å². The summed E-state index contributed by atoms with van der Waals surface area (Å²) in [7, 11) is 0. The molecule has 2 heterocycles. The lowest BCUT2D eigenvalue weighted by molar-refractivity contribution is -0.121. The first kappa shape index (κ1) is 22.2. The van der Waals surface area contributed by atoms with Crippen LogP contribution < -0.4 is 16.0 Å². The van der Waals surface area contributed by atoms with Crippen LogP contribution in [-0.4, -0.2) is 22.1 Å². The molecule has 2 aromatic carbocycles. The van der Waals surface area contributed by atoms with Crippen LogP contribution in [0, 0.1) is 6.92 Å². The van der Waals surface area contributed by atoms with Crippen LogP contribution in [0.1, 0.15) is 23.4 Å². The Morgan fingerprint density at radius 1 is 1.00 bits per heavy atom. The zero-order chi connectivity index (χ0) is 23.0. The lowest BCUT2D eigenvalue weighted by Gasteiger charge is -2.10. The van der Waals surface area contributed by atoms with E-state index in [1.165, 1.54) is 11.3 Å². The van der Waals surface area contributed by atoms with Gasteiger partial charge in [-0.2, -0.15) is 4.98 Å². The summed E-state index contributed by atoms with van der Waals surface area (Å²) in [6.45, 7) is 2.31. The Kier molecular flexibility index (Phi) is 7.11. The third-order valence-electron chi connectivity index (χ3n) is 4.73. The molecule has 0 aliphatic heterocycles. The van der Waals surface area contributed by atoms with Gasteiger partial charge in [-0.3, -0.25) is 4.79 Å². The summed E-state index contributed by atoms with van der Waals surface area (Å²) in [6.07, 6.45) is 0.605. The van der Waals surface area contributed by atoms with Crippen molar-refractivity contribution in [3.05, 3.63) is 83.1 Å². The highest BCUT2D eigenvalue weighted by molar-refractivity contribution is 7.13. The Labute approximate surface area is 195 Å². The molecule has 0 spiro atoms. The number of carbonyl (C=O) groups excluding carboxylic acids is 2. The third-order valence-corrected chi connectivity index (χ3v) is 5.59. The maximum atomic E-state index is 12.3. The second-order valence-corrected chi connectivity index (χ2v) is 8.36. The Morgan fingerprint density at radius 2 is 1.79 bits per heavy atom. The van der Waals surface area contributed by atoms with Crippen molar-refractivity contribution < 1.29 is 14.1 Å². The standard InChI is InChI=1S/C24H23N5O3S/c1-16-5-2-7-18(13-16)26-24(31)27-19-8-3-6-17(14-19)15-25-21(30)10-11-22-28-23(29-32-22)20-9-4-12-33-20/h2-9,12-14H,10-11,15H2,1H3,(H,25,30)(H2,26,27,31).